The summed E-state index contributed by atoms with van der Waals surface area (Å²) in [4.78, 5) is 26.1. The van der Waals surface area contributed by atoms with E-state index >= 15 is 0 Å². The van der Waals surface area contributed by atoms with E-state index in [0.717, 1.165) is 24.2 Å². The quantitative estimate of drug-likeness (QED) is 0.617. The fraction of sp³-hybridized carbons (Fsp3) is 0.579. The third-order valence-corrected chi connectivity index (χ3v) is 6.71. The van der Waals surface area contributed by atoms with Crippen LogP contribution in [0.1, 0.15) is 31.2 Å². The molecule has 1 saturated carbocycles. The van der Waals surface area contributed by atoms with E-state index in [0.29, 0.717) is 12.8 Å². The molecule has 0 radical (unpaired) electrons. The summed E-state index contributed by atoms with van der Waals surface area (Å²) in [5, 5.41) is 0. The summed E-state index contributed by atoms with van der Waals surface area (Å²) < 4.78 is 33.6. The summed E-state index contributed by atoms with van der Waals surface area (Å²) in [7, 11) is -1.47. The number of methoxy groups -OCH3 is 1. The highest BCUT2D eigenvalue weighted by Gasteiger charge is 2.42. The van der Waals surface area contributed by atoms with Crippen LogP contribution in [0.3, 0.4) is 0 Å². The lowest BCUT2D eigenvalue weighted by Gasteiger charge is -2.28. The van der Waals surface area contributed by atoms with Crippen molar-refractivity contribution in [1.82, 2.24) is 4.90 Å². The highest BCUT2D eigenvalue weighted by atomic mass is 32.2. The van der Waals surface area contributed by atoms with Crippen molar-refractivity contribution in [2.45, 2.75) is 44.2 Å². The summed E-state index contributed by atoms with van der Waals surface area (Å²) in [6, 6.07) is 7.22. The van der Waals surface area contributed by atoms with E-state index in [2.05, 4.69) is 0 Å². The topological polar surface area (TPSA) is 90.0 Å². The second kappa shape index (κ2) is 8.29. The number of aryl methyl sites for hydroxylation is 1. The minimum absolute atomic E-state index is 0.0145. The molecule has 2 fully saturated rings. The number of sulfone groups is 1. The summed E-state index contributed by atoms with van der Waals surface area (Å²) in [6.45, 7) is -0.325. The molecule has 27 heavy (non-hydrogen) atoms. The fourth-order valence-electron chi connectivity index (χ4n) is 3.38. The molecule has 148 valence electrons. The number of hydrogen-bond donors (Lipinski definition) is 0. The SMILES string of the molecule is COc1ccc(CCC(=O)OCC(=O)N(C2CC2)[C@H]2CCS(=O)(=O)C2)cc1. The molecule has 1 saturated heterocycles. The molecule has 1 aromatic carbocycles. The van der Waals surface area contributed by atoms with Crippen LogP contribution in [0.2, 0.25) is 0 Å². The maximum atomic E-state index is 12.5. The van der Waals surface area contributed by atoms with Crippen LogP contribution in [0.5, 0.6) is 5.75 Å². The number of esters is 1. The largest absolute Gasteiger partial charge is 0.497 e. The van der Waals surface area contributed by atoms with Crippen molar-refractivity contribution in [3.8, 4) is 5.75 Å². The number of nitrogens with zero attached hydrogens (tertiary/aromatic N) is 1. The van der Waals surface area contributed by atoms with Crippen molar-refractivity contribution in [1.29, 1.82) is 0 Å². The summed E-state index contributed by atoms with van der Waals surface area (Å²) >= 11 is 0. The van der Waals surface area contributed by atoms with Crippen LogP contribution in [0.25, 0.3) is 0 Å². The maximum Gasteiger partial charge on any atom is 0.306 e. The summed E-state index contributed by atoms with van der Waals surface area (Å²) in [5.74, 6) is 0.156. The van der Waals surface area contributed by atoms with Gasteiger partial charge in [-0.15, -0.1) is 0 Å². The minimum atomic E-state index is -3.07. The Hall–Kier alpha value is -2.09. The summed E-state index contributed by atoms with van der Waals surface area (Å²) in [5.41, 5.74) is 0.981. The van der Waals surface area contributed by atoms with E-state index in [9.17, 15) is 18.0 Å². The van der Waals surface area contributed by atoms with Gasteiger partial charge < -0.3 is 14.4 Å². The van der Waals surface area contributed by atoms with E-state index in [1.165, 1.54) is 0 Å². The summed E-state index contributed by atoms with van der Waals surface area (Å²) in [6.07, 6.45) is 2.93. The second-order valence-corrected chi connectivity index (χ2v) is 9.33. The zero-order valence-corrected chi connectivity index (χ0v) is 16.2. The highest BCUT2D eigenvalue weighted by Crippen LogP contribution is 2.32. The first kappa shape index (κ1) is 19.7. The van der Waals surface area contributed by atoms with E-state index in [1.807, 2.05) is 24.3 Å². The van der Waals surface area contributed by atoms with E-state index in [1.54, 1.807) is 12.0 Å². The molecule has 8 heteroatoms. The Morgan fingerprint density at radius 2 is 1.81 bits per heavy atom. The lowest BCUT2D eigenvalue weighted by Crippen LogP contribution is -2.44. The molecule has 1 aromatic rings. The lowest BCUT2D eigenvalue weighted by atomic mass is 10.1. The van der Waals surface area contributed by atoms with E-state index < -0.39 is 15.8 Å². The number of carbonyl (C=O) groups is 2. The monoisotopic (exact) mass is 395 g/mol. The van der Waals surface area contributed by atoms with Gasteiger partial charge in [0.1, 0.15) is 5.75 Å². The molecule has 0 aromatic heterocycles. The van der Waals surface area contributed by atoms with Gasteiger partial charge in [-0.3, -0.25) is 9.59 Å². The van der Waals surface area contributed by atoms with Crippen LogP contribution >= 0.6 is 0 Å². The Balaban J connectivity index is 1.46. The molecule has 1 aliphatic carbocycles. The number of hydrogen-bond acceptors (Lipinski definition) is 6. The van der Waals surface area contributed by atoms with Gasteiger partial charge in [-0.1, -0.05) is 12.1 Å². The molecule has 1 amide bonds. The van der Waals surface area contributed by atoms with Crippen molar-refractivity contribution >= 4 is 21.7 Å². The fourth-order valence-corrected chi connectivity index (χ4v) is 5.09. The molecular formula is C19H25NO6S. The van der Waals surface area contributed by atoms with Gasteiger partial charge >= 0.3 is 5.97 Å². The van der Waals surface area contributed by atoms with Crippen molar-refractivity contribution in [3.05, 3.63) is 29.8 Å². The zero-order valence-electron chi connectivity index (χ0n) is 15.4. The number of rotatable bonds is 8. The van der Waals surface area contributed by atoms with Crippen molar-refractivity contribution in [3.63, 3.8) is 0 Å². The first-order valence-electron chi connectivity index (χ1n) is 9.18. The number of benzene rings is 1. The molecule has 0 spiro atoms. The van der Waals surface area contributed by atoms with Crippen LogP contribution in [-0.2, 0) is 30.6 Å². The Bertz CT molecular complexity index is 785. The smallest absolute Gasteiger partial charge is 0.306 e. The molecule has 1 atom stereocenters. The van der Waals surface area contributed by atoms with Gasteiger partial charge in [-0.05, 0) is 43.4 Å². The van der Waals surface area contributed by atoms with Gasteiger partial charge in [-0.25, -0.2) is 8.42 Å². The van der Waals surface area contributed by atoms with Crippen LogP contribution in [0.15, 0.2) is 24.3 Å². The Morgan fingerprint density at radius 3 is 2.37 bits per heavy atom. The normalized spacial score (nSPS) is 20.9. The Kier molecular flexibility index (Phi) is 6.04. The van der Waals surface area contributed by atoms with Gasteiger partial charge in [0.15, 0.2) is 16.4 Å². The average molecular weight is 395 g/mol. The lowest BCUT2D eigenvalue weighted by molar-refractivity contribution is -0.153. The molecule has 7 nitrogen and oxygen atoms in total. The molecule has 3 rings (SSSR count). The Labute approximate surface area is 159 Å². The molecule has 1 heterocycles. The minimum Gasteiger partial charge on any atom is -0.497 e. The number of carbonyl (C=O) groups excluding carboxylic acids is 2. The van der Waals surface area contributed by atoms with Gasteiger partial charge in [-0.2, -0.15) is 0 Å². The van der Waals surface area contributed by atoms with Crippen LogP contribution in [0.4, 0.5) is 0 Å². The van der Waals surface area contributed by atoms with Gasteiger partial charge in [0.2, 0.25) is 0 Å². The van der Waals surface area contributed by atoms with Gasteiger partial charge in [0, 0.05) is 18.5 Å². The molecule has 1 aliphatic heterocycles. The van der Waals surface area contributed by atoms with Crippen LogP contribution in [-0.4, -0.2) is 62.5 Å². The molecular weight excluding hydrogens is 370 g/mol. The van der Waals surface area contributed by atoms with Crippen molar-refractivity contribution in [2.75, 3.05) is 25.2 Å². The highest BCUT2D eigenvalue weighted by molar-refractivity contribution is 7.91. The molecule has 0 unspecified atom stereocenters. The van der Waals surface area contributed by atoms with Crippen LogP contribution < -0.4 is 4.74 Å². The predicted octanol–water partition coefficient (Wildman–Crippen LogP) is 1.35. The third kappa shape index (κ3) is 5.45. The van der Waals surface area contributed by atoms with E-state index in [-0.39, 0.29) is 42.5 Å². The maximum absolute atomic E-state index is 12.5. The molecule has 0 N–H and O–H groups in total. The predicted molar refractivity (Wildman–Crippen MR) is 99.2 cm³/mol. The molecule has 0 bridgehead atoms. The van der Waals surface area contributed by atoms with Crippen LogP contribution in [0, 0.1) is 0 Å². The average Bonchev–Trinajstić information content (AvgIpc) is 3.41. The number of amides is 1. The second-order valence-electron chi connectivity index (χ2n) is 7.10. The van der Waals surface area contributed by atoms with Crippen molar-refractivity contribution < 1.29 is 27.5 Å². The number of ether oxygens (including phenoxy) is 2. The Morgan fingerprint density at radius 1 is 1.11 bits per heavy atom. The first-order chi connectivity index (χ1) is 12.9. The van der Waals surface area contributed by atoms with Gasteiger partial charge in [0.25, 0.3) is 5.91 Å². The molecule has 2 aliphatic rings. The zero-order chi connectivity index (χ0) is 19.4. The first-order valence-corrected chi connectivity index (χ1v) is 11.0. The van der Waals surface area contributed by atoms with Crippen molar-refractivity contribution in [2.24, 2.45) is 0 Å². The van der Waals surface area contributed by atoms with Gasteiger partial charge in [0.05, 0.1) is 18.6 Å². The van der Waals surface area contributed by atoms with E-state index in [4.69, 9.17) is 9.47 Å². The standard InChI is InChI=1S/C19H25NO6S/c1-25-17-7-2-14(3-8-17)4-9-19(22)26-12-18(21)20(15-5-6-15)16-10-11-27(23,24)13-16/h2-3,7-8,15-16H,4-6,9-13H2,1H3/t16-/m0/s1. The third-order valence-electron chi connectivity index (χ3n) is 4.96.